The normalized spacial score (nSPS) is 24.3. The van der Waals surface area contributed by atoms with Crippen molar-refractivity contribution in [2.75, 3.05) is 18.1 Å². The van der Waals surface area contributed by atoms with Gasteiger partial charge in [-0.3, -0.25) is 9.80 Å². The van der Waals surface area contributed by atoms with Crippen molar-refractivity contribution in [3.63, 3.8) is 0 Å². The van der Waals surface area contributed by atoms with Crippen molar-refractivity contribution in [2.45, 2.75) is 63.5 Å². The average Bonchev–Trinajstić information content (AvgIpc) is 3.56. The fourth-order valence-electron chi connectivity index (χ4n) is 6.51. The summed E-state index contributed by atoms with van der Waals surface area (Å²) in [5, 5.41) is 26.9. The largest absolute Gasteiger partial charge is 0.393 e. The van der Waals surface area contributed by atoms with Gasteiger partial charge in [-0.05, 0) is 74.8 Å². The number of hydrogen-bond donors (Lipinski definition) is 1. The van der Waals surface area contributed by atoms with E-state index in [0.29, 0.717) is 54.0 Å². The van der Waals surface area contributed by atoms with Crippen molar-refractivity contribution in [2.24, 2.45) is 16.9 Å². The summed E-state index contributed by atoms with van der Waals surface area (Å²) in [5.41, 5.74) is 4.91. The molecule has 2 fully saturated rings. The highest BCUT2D eigenvalue weighted by atomic mass is 35.5. The number of aliphatic hydroxyl groups excluding tert-OH is 1. The Bertz CT molecular complexity index is 1260. The number of hydrazone groups is 1. The third kappa shape index (κ3) is 4.07. The molecule has 1 amide bonds. The number of aryl methyl sites for hydroxylation is 1. The highest BCUT2D eigenvalue weighted by molar-refractivity contribution is 6.32. The van der Waals surface area contributed by atoms with E-state index in [1.54, 1.807) is 11.0 Å². The Balaban J connectivity index is 1.33. The minimum Gasteiger partial charge on any atom is -0.393 e. The van der Waals surface area contributed by atoms with Crippen LogP contribution in [-0.4, -0.2) is 51.8 Å². The van der Waals surface area contributed by atoms with Gasteiger partial charge >= 0.3 is 0 Å². The lowest BCUT2D eigenvalue weighted by Crippen LogP contribution is -2.41. The molecule has 0 radical (unpaired) electrons. The fraction of sp³-hybridized carbons (Fsp3) is 0.500. The molecule has 2 aromatic rings. The van der Waals surface area contributed by atoms with Crippen LogP contribution in [0.3, 0.4) is 0 Å². The van der Waals surface area contributed by atoms with Crippen molar-refractivity contribution in [3.8, 4) is 6.07 Å². The zero-order valence-corrected chi connectivity index (χ0v) is 21.0. The number of piperidine rings is 1. The summed E-state index contributed by atoms with van der Waals surface area (Å²) in [6.07, 6.45) is 7.61. The Kier molecular flexibility index (Phi) is 6.18. The van der Waals surface area contributed by atoms with Crippen molar-refractivity contribution in [3.05, 3.63) is 57.9 Å². The Morgan fingerprint density at radius 2 is 1.86 bits per heavy atom. The Labute approximate surface area is 216 Å². The van der Waals surface area contributed by atoms with Gasteiger partial charge in [0.1, 0.15) is 11.8 Å². The van der Waals surface area contributed by atoms with Crippen LogP contribution in [-0.2, 0) is 6.42 Å². The Morgan fingerprint density at radius 3 is 2.58 bits per heavy atom. The van der Waals surface area contributed by atoms with Gasteiger partial charge in [0.25, 0.3) is 5.91 Å². The molecule has 7 nitrogen and oxygen atoms in total. The van der Waals surface area contributed by atoms with Crippen molar-refractivity contribution in [1.82, 2.24) is 9.88 Å². The predicted molar refractivity (Wildman–Crippen MR) is 138 cm³/mol. The summed E-state index contributed by atoms with van der Waals surface area (Å²) in [7, 11) is 0. The maximum atomic E-state index is 13.1. The molecule has 4 aliphatic rings. The van der Waals surface area contributed by atoms with E-state index in [2.05, 4.69) is 11.1 Å². The Hall–Kier alpha value is -2.95. The molecule has 1 saturated carbocycles. The maximum absolute atomic E-state index is 13.1. The zero-order chi connectivity index (χ0) is 24.8. The van der Waals surface area contributed by atoms with Gasteiger partial charge in [-0.25, -0.2) is 4.98 Å². The molecule has 1 aromatic carbocycles. The lowest BCUT2D eigenvalue weighted by molar-refractivity contribution is 0.0541. The van der Waals surface area contributed by atoms with Gasteiger partial charge in [-0.1, -0.05) is 24.4 Å². The molecule has 186 valence electrons. The molecule has 2 aliphatic heterocycles. The number of amides is 1. The minimum absolute atomic E-state index is 0.0575. The molecule has 0 spiro atoms. The van der Waals surface area contributed by atoms with Crippen molar-refractivity contribution < 1.29 is 9.90 Å². The molecule has 8 heteroatoms. The second-order valence-corrected chi connectivity index (χ2v) is 10.9. The summed E-state index contributed by atoms with van der Waals surface area (Å²) >= 11 is 6.41. The van der Waals surface area contributed by atoms with Gasteiger partial charge in [-0.15, -0.1) is 0 Å². The smallest absolute Gasteiger partial charge is 0.272 e. The molecular formula is C28H30ClN5O2. The number of nitrogens with zero attached hydrogens (tertiary/aromatic N) is 5. The van der Waals surface area contributed by atoms with Crippen LogP contribution >= 0.6 is 11.6 Å². The first-order chi connectivity index (χ1) is 17.5. The number of carbonyl (C=O) groups excluding carboxylic acids is 1. The van der Waals surface area contributed by atoms with Crippen LogP contribution in [0.4, 0.5) is 5.69 Å². The van der Waals surface area contributed by atoms with E-state index in [4.69, 9.17) is 21.7 Å². The van der Waals surface area contributed by atoms with Crippen molar-refractivity contribution in [1.29, 1.82) is 5.26 Å². The highest BCUT2D eigenvalue weighted by Crippen LogP contribution is 2.45. The first kappa shape index (κ1) is 23.4. The number of aromatic nitrogens is 1. The van der Waals surface area contributed by atoms with E-state index in [1.807, 2.05) is 24.3 Å². The van der Waals surface area contributed by atoms with E-state index in [0.717, 1.165) is 35.5 Å². The number of pyridine rings is 1. The van der Waals surface area contributed by atoms with Crippen LogP contribution in [0.2, 0.25) is 5.02 Å². The summed E-state index contributed by atoms with van der Waals surface area (Å²) in [6.45, 7) is 1.14. The van der Waals surface area contributed by atoms with Gasteiger partial charge in [0.15, 0.2) is 0 Å². The highest BCUT2D eigenvalue weighted by Gasteiger charge is 2.46. The molecular weight excluding hydrogens is 474 g/mol. The third-order valence-corrected chi connectivity index (χ3v) is 8.71. The number of benzene rings is 1. The van der Waals surface area contributed by atoms with Gasteiger partial charge < -0.3 is 10.0 Å². The summed E-state index contributed by atoms with van der Waals surface area (Å²) in [6, 6.07) is 11.9. The Morgan fingerprint density at radius 1 is 1.08 bits per heavy atom. The van der Waals surface area contributed by atoms with Gasteiger partial charge in [0.2, 0.25) is 0 Å². The molecule has 1 unspecified atom stereocenters. The molecule has 3 heterocycles. The summed E-state index contributed by atoms with van der Waals surface area (Å²) < 4.78 is 0. The van der Waals surface area contributed by atoms with Gasteiger partial charge in [-0.2, -0.15) is 10.4 Å². The van der Waals surface area contributed by atoms with Crippen LogP contribution in [0.5, 0.6) is 0 Å². The number of hydrogen-bond acceptors (Lipinski definition) is 6. The van der Waals surface area contributed by atoms with Crippen LogP contribution in [0.1, 0.15) is 72.3 Å². The number of rotatable bonds is 3. The minimum atomic E-state index is -0.315. The molecule has 2 aliphatic carbocycles. The van der Waals surface area contributed by atoms with Crippen LogP contribution in [0, 0.1) is 23.2 Å². The number of fused-ring (bicyclic) bond motifs is 3. The first-order valence-electron chi connectivity index (χ1n) is 13.1. The summed E-state index contributed by atoms with van der Waals surface area (Å²) in [5.74, 6) is 0.815. The molecule has 0 bridgehead atoms. The molecule has 1 N–H and O–H groups in total. The SMILES string of the molecule is N#Cc1ccc(N2N=C3c4ccc(C(=O)N5CCC(O)CC5)nc4CC[C@@H]3C2C2CCCC2)cc1Cl. The van der Waals surface area contributed by atoms with E-state index >= 15 is 0 Å². The summed E-state index contributed by atoms with van der Waals surface area (Å²) in [4.78, 5) is 19.7. The lowest BCUT2D eigenvalue weighted by Gasteiger charge is -2.34. The number of carbonyl (C=O) groups is 1. The monoisotopic (exact) mass is 503 g/mol. The maximum Gasteiger partial charge on any atom is 0.272 e. The number of halogens is 1. The first-order valence-corrected chi connectivity index (χ1v) is 13.5. The molecule has 36 heavy (non-hydrogen) atoms. The standard InChI is InChI=1S/C28H30ClN5O2/c29-23-15-19(6-5-18(23)16-30)34-27(17-3-1-2-4-17)22-8-9-24-21(26(22)32-34)7-10-25(31-24)28(36)33-13-11-20(35)12-14-33/h5-7,10,15,17,20,22,27,35H,1-4,8-9,11-14H2/t22-,27?/m0/s1. The molecule has 2 atom stereocenters. The van der Waals surface area contributed by atoms with Crippen molar-refractivity contribution >= 4 is 28.9 Å². The van der Waals surface area contributed by atoms with E-state index in [1.165, 1.54) is 25.7 Å². The molecule has 1 saturated heterocycles. The molecule has 6 rings (SSSR count). The quantitative estimate of drug-likeness (QED) is 0.663. The van der Waals surface area contributed by atoms with Gasteiger partial charge in [0, 0.05) is 24.6 Å². The second-order valence-electron chi connectivity index (χ2n) is 10.5. The van der Waals surface area contributed by atoms with E-state index in [9.17, 15) is 15.2 Å². The van der Waals surface area contributed by atoms with E-state index in [-0.39, 0.29) is 18.1 Å². The average molecular weight is 504 g/mol. The zero-order valence-electron chi connectivity index (χ0n) is 20.2. The molecule has 1 aromatic heterocycles. The predicted octanol–water partition coefficient (Wildman–Crippen LogP) is 4.55. The third-order valence-electron chi connectivity index (χ3n) is 8.39. The van der Waals surface area contributed by atoms with Gasteiger partial charge in [0.05, 0.1) is 39.8 Å². The number of aliphatic hydroxyl groups is 1. The van der Waals surface area contributed by atoms with Crippen LogP contribution in [0.15, 0.2) is 35.4 Å². The number of anilines is 1. The fourth-order valence-corrected chi connectivity index (χ4v) is 6.73. The van der Waals surface area contributed by atoms with E-state index < -0.39 is 0 Å². The number of nitriles is 1. The van der Waals surface area contributed by atoms with Crippen LogP contribution in [0.25, 0.3) is 0 Å². The lowest BCUT2D eigenvalue weighted by atomic mass is 9.76. The van der Waals surface area contributed by atoms with Crippen LogP contribution < -0.4 is 5.01 Å². The second kappa shape index (κ2) is 9.49. The number of likely N-dealkylation sites (tertiary alicyclic amines) is 1. The topological polar surface area (TPSA) is 92.8 Å².